The molecule has 0 aromatic heterocycles. The monoisotopic (exact) mass is 642 g/mol. The van der Waals surface area contributed by atoms with E-state index in [9.17, 15) is 14.4 Å². The first-order valence-corrected chi connectivity index (χ1v) is 17.6. The van der Waals surface area contributed by atoms with Gasteiger partial charge in [0.2, 0.25) is 0 Å². The number of fused-ring (bicyclic) bond motifs is 2. The maximum atomic E-state index is 12.9. The molecule has 2 N–H and O–H groups in total. The van der Waals surface area contributed by atoms with Gasteiger partial charge in [0.15, 0.2) is 0 Å². The number of phosphoric ester groups is 1. The lowest BCUT2D eigenvalue weighted by molar-refractivity contribution is 0.284. The lowest BCUT2D eigenvalue weighted by Gasteiger charge is -2.25. The molecule has 47 heavy (non-hydrogen) atoms. The smallest absolute Gasteiger partial charge is 0.403 e. The predicted octanol–water partition coefficient (Wildman–Crippen LogP) is 11.5. The Kier molecular flexibility index (Phi) is 8.21. The van der Waals surface area contributed by atoms with Crippen LogP contribution >= 0.6 is 7.82 Å². The van der Waals surface area contributed by atoms with Gasteiger partial charge in [-0.3, -0.25) is 9.79 Å². The van der Waals surface area contributed by atoms with E-state index >= 15 is 0 Å². The van der Waals surface area contributed by atoms with Crippen LogP contribution in [0.4, 0.5) is 0 Å². The zero-order chi connectivity index (χ0) is 34.1. The Hall–Kier alpha value is -4.21. The summed E-state index contributed by atoms with van der Waals surface area (Å²) >= 11 is 0. The van der Waals surface area contributed by atoms with E-state index in [1.54, 1.807) is 0 Å². The highest BCUT2D eigenvalue weighted by Crippen LogP contribution is 2.53. The van der Waals surface area contributed by atoms with Gasteiger partial charge in [0.25, 0.3) is 0 Å². The number of hydrogen-bond acceptors (Lipinski definition) is 2. The van der Waals surface area contributed by atoms with Crippen LogP contribution in [0.2, 0.25) is 0 Å². The molecule has 6 aromatic carbocycles. The van der Waals surface area contributed by atoms with Gasteiger partial charge in [-0.15, -0.1) is 0 Å². The molecule has 0 aliphatic rings. The Bertz CT molecular complexity index is 2270. The van der Waals surface area contributed by atoms with Gasteiger partial charge in [-0.1, -0.05) is 48.5 Å². The van der Waals surface area contributed by atoms with E-state index in [-0.39, 0.29) is 5.75 Å². The summed E-state index contributed by atoms with van der Waals surface area (Å²) in [5.41, 5.74) is 17.4. The van der Waals surface area contributed by atoms with Gasteiger partial charge in [-0.25, -0.2) is 4.57 Å². The molecular formula is C42H43O4P. The SMILES string of the molecule is Cc1c(C)c(C)c(-c2cc(-c3c(OP(=O)(O)O)c(-c4c(C)c(C)c(C)c(C)c4C)cc4ccccc34)c3ccccc3c2)c(C)c1C. The Morgan fingerprint density at radius 3 is 1.40 bits per heavy atom. The summed E-state index contributed by atoms with van der Waals surface area (Å²) in [4.78, 5) is 20.9. The summed E-state index contributed by atoms with van der Waals surface area (Å²) in [6.07, 6.45) is 0. The number of rotatable bonds is 5. The second kappa shape index (κ2) is 11.8. The van der Waals surface area contributed by atoms with Gasteiger partial charge in [0, 0.05) is 11.1 Å². The zero-order valence-corrected chi connectivity index (χ0v) is 29.9. The van der Waals surface area contributed by atoms with Gasteiger partial charge in [-0.2, -0.15) is 0 Å². The van der Waals surface area contributed by atoms with Crippen LogP contribution in [-0.2, 0) is 4.57 Å². The molecule has 0 saturated carbocycles. The Morgan fingerprint density at radius 2 is 0.894 bits per heavy atom. The fourth-order valence-electron chi connectivity index (χ4n) is 7.49. The molecule has 5 heteroatoms. The third kappa shape index (κ3) is 5.39. The molecule has 0 atom stereocenters. The minimum absolute atomic E-state index is 0.193. The van der Waals surface area contributed by atoms with Crippen molar-refractivity contribution in [2.75, 3.05) is 0 Å². The lowest BCUT2D eigenvalue weighted by atomic mass is 9.81. The minimum Gasteiger partial charge on any atom is -0.403 e. The number of benzene rings is 6. The van der Waals surface area contributed by atoms with Crippen LogP contribution in [0.1, 0.15) is 55.6 Å². The van der Waals surface area contributed by atoms with Crippen LogP contribution in [0.5, 0.6) is 5.75 Å². The van der Waals surface area contributed by atoms with Crippen molar-refractivity contribution < 1.29 is 18.9 Å². The summed E-state index contributed by atoms with van der Waals surface area (Å²) in [7, 11) is -4.99. The van der Waals surface area contributed by atoms with Crippen LogP contribution in [0.15, 0.2) is 66.7 Å². The number of hydrogen-bond donors (Lipinski definition) is 2. The average molecular weight is 643 g/mol. The predicted molar refractivity (Wildman–Crippen MR) is 198 cm³/mol. The molecule has 0 heterocycles. The van der Waals surface area contributed by atoms with Crippen LogP contribution in [0.25, 0.3) is 54.9 Å². The molecule has 0 radical (unpaired) electrons. The van der Waals surface area contributed by atoms with Crippen molar-refractivity contribution in [1.82, 2.24) is 0 Å². The van der Waals surface area contributed by atoms with Crippen LogP contribution in [0, 0.1) is 69.2 Å². The van der Waals surface area contributed by atoms with E-state index in [2.05, 4.69) is 99.6 Å². The normalized spacial score (nSPS) is 11.9. The van der Waals surface area contributed by atoms with Crippen LogP contribution in [0.3, 0.4) is 0 Å². The van der Waals surface area contributed by atoms with E-state index in [4.69, 9.17) is 4.52 Å². The Balaban J connectivity index is 1.85. The molecule has 0 aliphatic heterocycles. The fourth-order valence-corrected chi connectivity index (χ4v) is 7.92. The van der Waals surface area contributed by atoms with Crippen LogP contribution in [-0.4, -0.2) is 9.79 Å². The topological polar surface area (TPSA) is 66.8 Å². The molecule has 6 rings (SSSR count). The highest BCUT2D eigenvalue weighted by atomic mass is 31.2. The maximum absolute atomic E-state index is 12.9. The minimum atomic E-state index is -4.99. The second-order valence-electron chi connectivity index (χ2n) is 13.2. The third-order valence-electron chi connectivity index (χ3n) is 10.9. The van der Waals surface area contributed by atoms with E-state index in [0.717, 1.165) is 60.5 Å². The third-order valence-corrected chi connectivity index (χ3v) is 11.3. The molecule has 4 nitrogen and oxygen atoms in total. The standard InChI is InChI=1S/C42H43O4P/c1-22-24(3)28(7)39(29(8)25(22)4)34-19-32-15-11-13-17-35(32)37(21-34)41-36-18-14-12-16-33(36)20-38(42(41)46-47(43,44)45)40-30(9)26(5)23(2)27(6)31(40)10/h11-21H,1-10H3,(H2,43,44,45). The molecule has 0 amide bonds. The highest BCUT2D eigenvalue weighted by Gasteiger charge is 2.29. The van der Waals surface area contributed by atoms with E-state index in [1.165, 1.54) is 38.9 Å². The molecule has 0 bridgehead atoms. The van der Waals surface area contributed by atoms with Crippen molar-refractivity contribution in [3.63, 3.8) is 0 Å². The molecular weight excluding hydrogens is 599 g/mol. The summed E-state index contributed by atoms with van der Waals surface area (Å²) < 4.78 is 18.7. The lowest BCUT2D eigenvalue weighted by Crippen LogP contribution is -2.03. The van der Waals surface area contributed by atoms with Gasteiger partial charge in [0.1, 0.15) is 5.75 Å². The fraction of sp³-hybridized carbons (Fsp3) is 0.238. The van der Waals surface area contributed by atoms with Crippen molar-refractivity contribution in [2.24, 2.45) is 0 Å². The van der Waals surface area contributed by atoms with Crippen molar-refractivity contribution >= 4 is 29.4 Å². The van der Waals surface area contributed by atoms with Gasteiger partial charge < -0.3 is 4.52 Å². The first kappa shape index (κ1) is 32.7. The molecule has 0 fully saturated rings. The first-order valence-electron chi connectivity index (χ1n) is 16.1. The average Bonchev–Trinajstić information content (AvgIpc) is 3.04. The molecule has 0 aliphatic carbocycles. The van der Waals surface area contributed by atoms with E-state index < -0.39 is 7.82 Å². The Morgan fingerprint density at radius 1 is 0.468 bits per heavy atom. The maximum Gasteiger partial charge on any atom is 0.524 e. The van der Waals surface area contributed by atoms with Gasteiger partial charge >= 0.3 is 7.82 Å². The summed E-state index contributed by atoms with van der Waals surface area (Å²) in [6, 6.07) is 22.7. The summed E-state index contributed by atoms with van der Waals surface area (Å²) in [5, 5.41) is 3.85. The number of phosphoric acid groups is 1. The zero-order valence-electron chi connectivity index (χ0n) is 29.0. The Labute approximate surface area is 278 Å². The molecule has 0 spiro atoms. The van der Waals surface area contributed by atoms with Crippen molar-refractivity contribution in [3.05, 3.63) is 122 Å². The van der Waals surface area contributed by atoms with Crippen molar-refractivity contribution in [2.45, 2.75) is 69.2 Å². The van der Waals surface area contributed by atoms with Gasteiger partial charge in [-0.05, 0) is 187 Å². The van der Waals surface area contributed by atoms with Crippen LogP contribution < -0.4 is 4.52 Å². The largest absolute Gasteiger partial charge is 0.524 e. The highest BCUT2D eigenvalue weighted by molar-refractivity contribution is 7.46. The summed E-state index contributed by atoms with van der Waals surface area (Å²) in [6.45, 7) is 21.4. The van der Waals surface area contributed by atoms with Crippen molar-refractivity contribution in [3.8, 4) is 39.1 Å². The first-order chi connectivity index (χ1) is 22.1. The molecule has 6 aromatic rings. The molecule has 0 unspecified atom stereocenters. The quantitative estimate of drug-likeness (QED) is 0.184. The molecule has 0 saturated heterocycles. The van der Waals surface area contributed by atoms with Crippen molar-refractivity contribution in [1.29, 1.82) is 0 Å². The molecule has 240 valence electrons. The van der Waals surface area contributed by atoms with E-state index in [1.807, 2.05) is 36.4 Å². The van der Waals surface area contributed by atoms with E-state index in [0.29, 0.717) is 11.1 Å². The van der Waals surface area contributed by atoms with Gasteiger partial charge in [0.05, 0.1) is 0 Å². The summed E-state index contributed by atoms with van der Waals surface area (Å²) in [5.74, 6) is 0.193. The second-order valence-corrected chi connectivity index (χ2v) is 14.3.